The molecule has 1 saturated heterocycles. The van der Waals surface area contributed by atoms with Gasteiger partial charge in [0.05, 0.1) is 12.1 Å². The van der Waals surface area contributed by atoms with Gasteiger partial charge < -0.3 is 15.0 Å². The van der Waals surface area contributed by atoms with E-state index < -0.39 is 0 Å². The van der Waals surface area contributed by atoms with E-state index in [4.69, 9.17) is 4.74 Å². The predicted molar refractivity (Wildman–Crippen MR) is 96.9 cm³/mol. The maximum absolute atomic E-state index is 5.51. The lowest BCUT2D eigenvalue weighted by Gasteiger charge is -2.22. The maximum Gasteiger partial charge on any atom is 0.227 e. The molecule has 2 aromatic carbocycles. The van der Waals surface area contributed by atoms with E-state index in [1.807, 2.05) is 30.5 Å². The monoisotopic (exact) mass is 320 g/mol. The van der Waals surface area contributed by atoms with Gasteiger partial charge in [-0.3, -0.25) is 0 Å². The van der Waals surface area contributed by atoms with Crippen LogP contribution in [-0.2, 0) is 4.74 Å². The summed E-state index contributed by atoms with van der Waals surface area (Å²) < 4.78 is 5.51. The molecule has 0 unspecified atom stereocenters. The van der Waals surface area contributed by atoms with Crippen LogP contribution < -0.4 is 10.2 Å². The Bertz CT molecular complexity index is 811. The number of aromatic nitrogens is 2. The molecule has 0 atom stereocenters. The van der Waals surface area contributed by atoms with E-state index in [2.05, 4.69) is 44.5 Å². The molecule has 0 amide bonds. The maximum atomic E-state index is 5.51. The number of rotatable bonds is 3. The molecule has 0 bridgehead atoms. The molecule has 122 valence electrons. The van der Waals surface area contributed by atoms with Crippen LogP contribution in [0.2, 0.25) is 0 Å². The van der Waals surface area contributed by atoms with E-state index in [0.29, 0.717) is 5.95 Å². The Kier molecular flexibility index (Phi) is 4.25. The predicted octanol–water partition coefficient (Wildman–Crippen LogP) is 3.60. The minimum atomic E-state index is 0.615. The van der Waals surface area contributed by atoms with Gasteiger partial charge in [0.2, 0.25) is 5.95 Å². The number of ether oxygens (including phenoxy) is 1. The van der Waals surface area contributed by atoms with Crippen LogP contribution in [0.3, 0.4) is 0 Å². The number of benzene rings is 2. The number of hydrogen-bond donors (Lipinski definition) is 1. The zero-order valence-electron chi connectivity index (χ0n) is 13.5. The smallest absolute Gasteiger partial charge is 0.227 e. The van der Waals surface area contributed by atoms with Gasteiger partial charge in [-0.15, -0.1) is 0 Å². The second kappa shape index (κ2) is 6.84. The van der Waals surface area contributed by atoms with E-state index in [1.54, 1.807) is 0 Å². The molecule has 4 rings (SSSR count). The Hall–Kier alpha value is -2.66. The van der Waals surface area contributed by atoms with Crippen LogP contribution in [-0.4, -0.2) is 36.3 Å². The first-order chi connectivity index (χ1) is 11.9. The van der Waals surface area contributed by atoms with Gasteiger partial charge in [-0.1, -0.05) is 18.2 Å². The van der Waals surface area contributed by atoms with E-state index in [9.17, 15) is 0 Å². The first kappa shape index (κ1) is 14.9. The van der Waals surface area contributed by atoms with Crippen molar-refractivity contribution in [1.29, 1.82) is 0 Å². The van der Waals surface area contributed by atoms with Gasteiger partial charge in [0, 0.05) is 42.7 Å². The van der Waals surface area contributed by atoms with Gasteiger partial charge in [0.25, 0.3) is 0 Å². The molecule has 0 saturated carbocycles. The van der Waals surface area contributed by atoms with Crippen molar-refractivity contribution in [3.63, 3.8) is 0 Å². The molecule has 24 heavy (non-hydrogen) atoms. The minimum absolute atomic E-state index is 0.615. The highest BCUT2D eigenvalue weighted by Crippen LogP contribution is 2.21. The molecule has 3 aromatic rings. The third-order valence-electron chi connectivity index (χ3n) is 4.20. The van der Waals surface area contributed by atoms with Gasteiger partial charge in [-0.2, -0.15) is 0 Å². The van der Waals surface area contributed by atoms with Crippen molar-refractivity contribution in [3.8, 4) is 0 Å². The third kappa shape index (κ3) is 3.31. The van der Waals surface area contributed by atoms with Gasteiger partial charge in [-0.05, 0) is 36.8 Å². The Balaban J connectivity index is 1.49. The highest BCUT2D eigenvalue weighted by molar-refractivity contribution is 5.78. The first-order valence-corrected chi connectivity index (χ1v) is 8.30. The van der Waals surface area contributed by atoms with Crippen molar-refractivity contribution in [1.82, 2.24) is 9.97 Å². The van der Waals surface area contributed by atoms with Crippen LogP contribution in [0, 0.1) is 0 Å². The van der Waals surface area contributed by atoms with E-state index >= 15 is 0 Å². The number of fused-ring (bicyclic) bond motifs is 1. The molecule has 1 aliphatic rings. The Morgan fingerprint density at radius 1 is 0.958 bits per heavy atom. The molecule has 2 heterocycles. The Labute approximate surface area is 141 Å². The molecule has 1 fully saturated rings. The lowest BCUT2D eigenvalue weighted by atomic mass is 10.2. The largest absolute Gasteiger partial charge is 0.380 e. The average molecular weight is 320 g/mol. The second-order valence-electron chi connectivity index (χ2n) is 5.88. The van der Waals surface area contributed by atoms with Crippen LogP contribution >= 0.6 is 0 Å². The molecule has 5 heteroatoms. The number of nitrogens with one attached hydrogen (secondary N) is 1. The summed E-state index contributed by atoms with van der Waals surface area (Å²) in [5.41, 5.74) is 3.15. The highest BCUT2D eigenvalue weighted by Gasteiger charge is 2.10. The summed E-state index contributed by atoms with van der Waals surface area (Å²) in [5, 5.41) is 4.32. The summed E-state index contributed by atoms with van der Waals surface area (Å²) in [4.78, 5) is 11.3. The number of hydrogen-bond acceptors (Lipinski definition) is 5. The highest BCUT2D eigenvalue weighted by atomic mass is 16.5. The summed E-state index contributed by atoms with van der Waals surface area (Å²) in [6.07, 6.45) is 2.92. The fraction of sp³-hybridized carbons (Fsp3) is 0.263. The SMILES string of the molecule is c1ccc2nc(Nc3ccc(N4CCCOCC4)cc3)ncc2c1. The fourth-order valence-corrected chi connectivity index (χ4v) is 2.92. The topological polar surface area (TPSA) is 50.3 Å². The lowest BCUT2D eigenvalue weighted by Crippen LogP contribution is -2.25. The quantitative estimate of drug-likeness (QED) is 0.799. The number of anilines is 3. The van der Waals surface area contributed by atoms with Crippen molar-refractivity contribution in [2.45, 2.75) is 6.42 Å². The van der Waals surface area contributed by atoms with E-state index in [-0.39, 0.29) is 0 Å². The van der Waals surface area contributed by atoms with Crippen molar-refractivity contribution < 1.29 is 4.74 Å². The molecule has 1 aromatic heterocycles. The molecule has 0 aliphatic carbocycles. The average Bonchev–Trinajstić information content (AvgIpc) is 2.92. The summed E-state index contributed by atoms with van der Waals surface area (Å²) >= 11 is 0. The summed E-state index contributed by atoms with van der Waals surface area (Å²) in [7, 11) is 0. The zero-order chi connectivity index (χ0) is 16.2. The molecular weight excluding hydrogens is 300 g/mol. The standard InChI is InChI=1S/C19H20N4O/c1-2-5-18-15(4-1)14-20-19(22-18)21-16-6-8-17(9-7-16)23-10-3-12-24-13-11-23/h1-2,4-9,14H,3,10-13H2,(H,20,21,22). The number of nitrogens with zero attached hydrogens (tertiary/aromatic N) is 3. The summed E-state index contributed by atoms with van der Waals surface area (Å²) in [5.74, 6) is 0.615. The number of para-hydroxylation sites is 1. The second-order valence-corrected chi connectivity index (χ2v) is 5.88. The van der Waals surface area contributed by atoms with Gasteiger partial charge >= 0.3 is 0 Å². The Morgan fingerprint density at radius 3 is 2.75 bits per heavy atom. The van der Waals surface area contributed by atoms with Crippen LogP contribution in [0.5, 0.6) is 0 Å². The van der Waals surface area contributed by atoms with Crippen LogP contribution in [0.25, 0.3) is 10.9 Å². The molecule has 5 nitrogen and oxygen atoms in total. The Morgan fingerprint density at radius 2 is 1.83 bits per heavy atom. The molecule has 1 N–H and O–H groups in total. The van der Waals surface area contributed by atoms with Crippen molar-refractivity contribution in [2.24, 2.45) is 0 Å². The fourth-order valence-electron chi connectivity index (χ4n) is 2.92. The minimum Gasteiger partial charge on any atom is -0.380 e. The zero-order valence-corrected chi connectivity index (χ0v) is 13.5. The summed E-state index contributed by atoms with van der Waals surface area (Å²) in [6, 6.07) is 16.4. The van der Waals surface area contributed by atoms with Crippen LogP contribution in [0.1, 0.15) is 6.42 Å². The van der Waals surface area contributed by atoms with Crippen molar-refractivity contribution in [3.05, 3.63) is 54.7 Å². The molecule has 0 radical (unpaired) electrons. The summed E-state index contributed by atoms with van der Waals surface area (Å²) in [6.45, 7) is 3.64. The third-order valence-corrected chi connectivity index (χ3v) is 4.20. The van der Waals surface area contributed by atoms with E-state index in [1.165, 1.54) is 5.69 Å². The van der Waals surface area contributed by atoms with Crippen molar-refractivity contribution in [2.75, 3.05) is 36.5 Å². The van der Waals surface area contributed by atoms with Crippen LogP contribution in [0.4, 0.5) is 17.3 Å². The molecular formula is C19H20N4O. The van der Waals surface area contributed by atoms with Crippen molar-refractivity contribution >= 4 is 28.2 Å². The van der Waals surface area contributed by atoms with Gasteiger partial charge in [0.1, 0.15) is 0 Å². The van der Waals surface area contributed by atoms with Crippen LogP contribution in [0.15, 0.2) is 54.7 Å². The van der Waals surface area contributed by atoms with E-state index in [0.717, 1.165) is 49.3 Å². The molecule has 1 aliphatic heterocycles. The van der Waals surface area contributed by atoms with Gasteiger partial charge in [-0.25, -0.2) is 9.97 Å². The lowest BCUT2D eigenvalue weighted by molar-refractivity contribution is 0.152. The molecule has 0 spiro atoms. The first-order valence-electron chi connectivity index (χ1n) is 8.30. The normalized spacial score (nSPS) is 15.2. The van der Waals surface area contributed by atoms with Gasteiger partial charge in [0.15, 0.2) is 0 Å².